The maximum absolute atomic E-state index is 14.8. The molecule has 0 radical (unpaired) electrons. The smallest absolute Gasteiger partial charge is 0.135 e. The Balaban J connectivity index is 1.45. The van der Waals surface area contributed by atoms with E-state index in [1.165, 1.54) is 23.8 Å². The number of unbranched alkanes of at least 4 members (excludes halogenated alkanes) is 1. The van der Waals surface area contributed by atoms with Gasteiger partial charge in [-0.15, -0.1) is 22.7 Å². The van der Waals surface area contributed by atoms with Crippen LogP contribution in [0.4, 0.5) is 21.5 Å². The molecule has 0 saturated carbocycles. The van der Waals surface area contributed by atoms with E-state index in [0.717, 1.165) is 32.3 Å². The van der Waals surface area contributed by atoms with Crippen LogP contribution in [0.15, 0.2) is 48.5 Å². The first-order valence-corrected chi connectivity index (χ1v) is 11.7. The van der Waals surface area contributed by atoms with Gasteiger partial charge in [-0.3, -0.25) is 0 Å². The molecule has 4 nitrogen and oxygen atoms in total. The van der Waals surface area contributed by atoms with Gasteiger partial charge in [-0.05, 0) is 61.4 Å². The molecule has 0 fully saturated rings. The minimum absolute atomic E-state index is 0.280. The molecule has 4 aromatic rings. The topological polar surface area (TPSA) is 40.2 Å². The van der Waals surface area contributed by atoms with E-state index < -0.39 is 0 Å². The zero-order chi connectivity index (χ0) is 21.1. The molecular weight excluding hydrogens is 415 g/mol. The van der Waals surface area contributed by atoms with E-state index in [4.69, 9.17) is 0 Å². The van der Waals surface area contributed by atoms with Crippen molar-refractivity contribution in [2.24, 2.45) is 0 Å². The fourth-order valence-corrected chi connectivity index (χ4v) is 5.43. The van der Waals surface area contributed by atoms with Gasteiger partial charge in [-0.2, -0.15) is 0 Å². The lowest BCUT2D eigenvalue weighted by Crippen LogP contribution is -2.10. The van der Waals surface area contributed by atoms with E-state index in [1.54, 1.807) is 28.7 Å². The van der Waals surface area contributed by atoms with E-state index in [2.05, 4.69) is 28.8 Å². The van der Waals surface area contributed by atoms with E-state index in [9.17, 15) is 4.39 Å². The minimum atomic E-state index is -0.280. The van der Waals surface area contributed by atoms with Gasteiger partial charge in [-0.25, -0.2) is 9.37 Å². The Bertz CT molecular complexity index is 1100. The molecule has 0 unspecified atom stereocenters. The van der Waals surface area contributed by atoms with Crippen LogP contribution in [0.1, 0.15) is 24.6 Å². The first-order chi connectivity index (χ1) is 14.5. The number of halogens is 1. The zero-order valence-corrected chi connectivity index (χ0v) is 19.0. The second-order valence-electron chi connectivity index (χ2n) is 7.39. The average Bonchev–Trinajstić information content (AvgIpc) is 3.29. The number of hydrazine groups is 1. The molecule has 0 aliphatic rings. The summed E-state index contributed by atoms with van der Waals surface area (Å²) >= 11 is 3.28. The predicted octanol–water partition coefficient (Wildman–Crippen LogP) is 7.01. The number of hydrogen-bond donors (Lipinski definition) is 2. The molecule has 2 N–H and O–H groups in total. The summed E-state index contributed by atoms with van der Waals surface area (Å²) < 4.78 is 15.9. The molecule has 156 valence electrons. The summed E-state index contributed by atoms with van der Waals surface area (Å²) in [4.78, 5) is 9.08. The lowest BCUT2D eigenvalue weighted by atomic mass is 10.2. The first-order valence-electron chi connectivity index (χ1n) is 10.0. The molecule has 2 aromatic carbocycles. The van der Waals surface area contributed by atoms with E-state index in [0.29, 0.717) is 11.3 Å². The molecule has 0 amide bonds. The van der Waals surface area contributed by atoms with Gasteiger partial charge in [0.2, 0.25) is 0 Å². The monoisotopic (exact) mass is 440 g/mol. The Morgan fingerprint density at radius 2 is 1.70 bits per heavy atom. The maximum atomic E-state index is 14.8. The van der Waals surface area contributed by atoms with E-state index >= 15 is 0 Å². The van der Waals surface area contributed by atoms with Crippen LogP contribution in [0.5, 0.6) is 0 Å². The number of rotatable bonds is 8. The molecule has 0 bridgehead atoms. The van der Waals surface area contributed by atoms with Crippen molar-refractivity contribution in [2.45, 2.75) is 26.2 Å². The van der Waals surface area contributed by atoms with Crippen LogP contribution in [0.25, 0.3) is 20.1 Å². The second kappa shape index (κ2) is 9.02. The van der Waals surface area contributed by atoms with Gasteiger partial charge in [-0.1, -0.05) is 13.3 Å². The number of aromatic nitrogens is 1. The van der Waals surface area contributed by atoms with Crippen LogP contribution < -0.4 is 15.8 Å². The van der Waals surface area contributed by atoms with Crippen LogP contribution in [0.2, 0.25) is 0 Å². The summed E-state index contributed by atoms with van der Waals surface area (Å²) in [6.07, 6.45) is 3.48. The number of nitrogens with zero attached hydrogens (tertiary/aromatic N) is 2. The molecule has 7 heteroatoms. The highest BCUT2D eigenvalue weighted by Gasteiger charge is 2.14. The van der Waals surface area contributed by atoms with Gasteiger partial charge in [0.1, 0.15) is 15.7 Å². The van der Waals surface area contributed by atoms with Crippen molar-refractivity contribution < 1.29 is 4.39 Å². The number of thiophene rings is 1. The lowest BCUT2D eigenvalue weighted by molar-refractivity contribution is 0.632. The quantitative estimate of drug-likeness (QED) is 0.289. The van der Waals surface area contributed by atoms with Crippen LogP contribution in [0, 0.1) is 5.82 Å². The average molecular weight is 441 g/mol. The van der Waals surface area contributed by atoms with Crippen LogP contribution in [0.3, 0.4) is 0 Å². The number of fused-ring (bicyclic) bond motifs is 1. The Hall–Kier alpha value is -2.64. The van der Waals surface area contributed by atoms with Crippen molar-refractivity contribution in [3.8, 4) is 10.6 Å². The van der Waals surface area contributed by atoms with Crippen molar-refractivity contribution in [3.05, 3.63) is 59.2 Å². The van der Waals surface area contributed by atoms with Gasteiger partial charge in [0.25, 0.3) is 0 Å². The lowest BCUT2D eigenvalue weighted by Gasteiger charge is -2.14. The molecule has 0 spiro atoms. The standard InChI is InChI=1S/C23H25FN4S2/c1-4-5-6-18-14-21-23(29-18)25-22(30-21)19-12-9-16(13-20(19)24)27-26-15-7-10-17(11-8-15)28(2)3/h7-14,26-27H,4-6H2,1-3H3. The van der Waals surface area contributed by atoms with Gasteiger partial charge < -0.3 is 15.8 Å². The second-order valence-corrected chi connectivity index (χ2v) is 9.54. The Labute approximate surface area is 184 Å². The fraction of sp³-hybridized carbons (Fsp3) is 0.261. The Morgan fingerprint density at radius 3 is 2.37 bits per heavy atom. The SMILES string of the molecule is CCCCc1cc2sc(-c3ccc(NNc4ccc(N(C)C)cc4)cc3F)nc2s1. The number of aryl methyl sites for hydroxylation is 1. The number of thiazole rings is 1. The highest BCUT2D eigenvalue weighted by molar-refractivity contribution is 7.28. The van der Waals surface area contributed by atoms with Gasteiger partial charge in [0, 0.05) is 30.2 Å². The third kappa shape index (κ3) is 4.57. The fourth-order valence-electron chi connectivity index (χ4n) is 3.13. The highest BCUT2D eigenvalue weighted by Crippen LogP contribution is 2.37. The third-order valence-corrected chi connectivity index (χ3v) is 7.11. The zero-order valence-electron chi connectivity index (χ0n) is 17.3. The van der Waals surface area contributed by atoms with Crippen molar-refractivity contribution >= 4 is 49.3 Å². The molecule has 2 aromatic heterocycles. The number of hydrogen-bond acceptors (Lipinski definition) is 6. The van der Waals surface area contributed by atoms with E-state index in [1.807, 2.05) is 49.3 Å². The molecule has 0 aliphatic carbocycles. The molecule has 0 saturated heterocycles. The molecule has 4 rings (SSSR count). The molecule has 0 aliphatic heterocycles. The van der Waals surface area contributed by atoms with Gasteiger partial charge in [0.15, 0.2) is 0 Å². The molecular formula is C23H25FN4S2. The summed E-state index contributed by atoms with van der Waals surface area (Å²) in [6, 6.07) is 15.4. The number of anilines is 3. The van der Waals surface area contributed by atoms with E-state index in [-0.39, 0.29) is 5.82 Å². The Kier molecular flexibility index (Phi) is 6.20. The first kappa shape index (κ1) is 20.6. The number of nitrogens with one attached hydrogen (secondary N) is 2. The Morgan fingerprint density at radius 1 is 0.967 bits per heavy atom. The third-order valence-electron chi connectivity index (χ3n) is 4.85. The largest absolute Gasteiger partial charge is 0.378 e. The summed E-state index contributed by atoms with van der Waals surface area (Å²) in [7, 11) is 4.00. The minimum Gasteiger partial charge on any atom is -0.378 e. The van der Waals surface area contributed by atoms with Crippen molar-refractivity contribution in [2.75, 3.05) is 29.8 Å². The van der Waals surface area contributed by atoms with Crippen LogP contribution in [-0.4, -0.2) is 19.1 Å². The van der Waals surface area contributed by atoms with Crippen molar-refractivity contribution in [1.82, 2.24) is 4.98 Å². The summed E-state index contributed by atoms with van der Waals surface area (Å²) in [5, 5.41) is 0.731. The molecule has 30 heavy (non-hydrogen) atoms. The summed E-state index contributed by atoms with van der Waals surface area (Å²) in [6.45, 7) is 2.20. The highest BCUT2D eigenvalue weighted by atomic mass is 32.1. The van der Waals surface area contributed by atoms with Gasteiger partial charge in [0.05, 0.1) is 16.1 Å². The molecule has 2 heterocycles. The van der Waals surface area contributed by atoms with Crippen molar-refractivity contribution in [1.29, 1.82) is 0 Å². The molecule has 0 atom stereocenters. The number of benzene rings is 2. The normalized spacial score (nSPS) is 11.1. The van der Waals surface area contributed by atoms with Crippen molar-refractivity contribution in [3.63, 3.8) is 0 Å². The van der Waals surface area contributed by atoms with Crippen LogP contribution >= 0.6 is 22.7 Å². The predicted molar refractivity (Wildman–Crippen MR) is 130 cm³/mol. The maximum Gasteiger partial charge on any atom is 0.135 e. The summed E-state index contributed by atoms with van der Waals surface area (Å²) in [5.74, 6) is -0.280. The summed E-state index contributed by atoms with van der Waals surface area (Å²) in [5.41, 5.74) is 9.40. The van der Waals surface area contributed by atoms with Gasteiger partial charge >= 0.3 is 0 Å². The van der Waals surface area contributed by atoms with Crippen LogP contribution in [-0.2, 0) is 6.42 Å².